The Morgan fingerprint density at radius 2 is 2.50 bits per heavy atom. The third-order valence-electron chi connectivity index (χ3n) is 0.399. The molecule has 0 aromatic rings. The first-order chi connectivity index (χ1) is 2.77. The van der Waals surface area contributed by atoms with E-state index in [1.807, 2.05) is 6.92 Å². The molecule has 36 valence electrons. The van der Waals surface area contributed by atoms with E-state index in [1.165, 1.54) is 0 Å². The van der Waals surface area contributed by atoms with E-state index >= 15 is 0 Å². The normalized spacial score (nSPS) is 12.0. The van der Waals surface area contributed by atoms with Crippen LogP contribution in [0, 0.1) is 0 Å². The van der Waals surface area contributed by atoms with E-state index in [-0.39, 0.29) is 0 Å². The van der Waals surface area contributed by atoms with E-state index in [2.05, 4.69) is 0 Å². The molecule has 0 aromatic carbocycles. The lowest BCUT2D eigenvalue weighted by molar-refractivity contribution is 1.20. The van der Waals surface area contributed by atoms with Gasteiger partial charge in [0.05, 0.1) is 5.16 Å². The van der Waals surface area contributed by atoms with Crippen LogP contribution in [0.2, 0.25) is 0 Å². The fraction of sp³-hybridized carbons (Fsp3) is 0.500. The third-order valence-corrected chi connectivity index (χ3v) is 0.553. The minimum absolute atomic E-state index is 0.387. The van der Waals surface area contributed by atoms with E-state index in [9.17, 15) is 0 Å². The molecule has 0 aliphatic carbocycles. The predicted molar refractivity (Wildman–Crippen MR) is 28.4 cm³/mol. The number of hydrogen-bond donors (Lipinski definition) is 1. The van der Waals surface area contributed by atoms with Gasteiger partial charge in [-0.2, -0.15) is 0 Å². The Hall–Kier alpha value is -0.170. The topological polar surface area (TPSA) is 26.0 Å². The van der Waals surface area contributed by atoms with Crippen LogP contribution in [-0.2, 0) is 0 Å². The van der Waals surface area contributed by atoms with Gasteiger partial charge in [-0.1, -0.05) is 18.5 Å². The lowest BCUT2D eigenvalue weighted by Gasteiger charge is -1.78. The molecule has 0 heterocycles. The quantitative estimate of drug-likeness (QED) is 0.502. The molecular weight excluding hydrogens is 97.5 g/mol. The van der Waals surface area contributed by atoms with Gasteiger partial charge in [0.25, 0.3) is 0 Å². The first-order valence-electron chi connectivity index (χ1n) is 1.88. The Kier molecular flexibility index (Phi) is 2.95. The van der Waals surface area contributed by atoms with Gasteiger partial charge in [0, 0.05) is 0 Å². The second-order valence-corrected chi connectivity index (χ2v) is 1.43. The van der Waals surface area contributed by atoms with Crippen molar-refractivity contribution >= 4 is 11.6 Å². The molecule has 0 rings (SSSR count). The van der Waals surface area contributed by atoms with E-state index < -0.39 is 0 Å². The summed E-state index contributed by atoms with van der Waals surface area (Å²) >= 11 is 5.22. The van der Waals surface area contributed by atoms with Crippen molar-refractivity contribution < 1.29 is 0 Å². The fourth-order valence-electron chi connectivity index (χ4n) is 0.195. The molecule has 0 amide bonds. The van der Waals surface area contributed by atoms with E-state index in [4.69, 9.17) is 17.3 Å². The molecule has 0 atom stereocenters. The number of halogens is 1. The molecule has 0 unspecified atom stereocenters. The lowest BCUT2D eigenvalue weighted by Crippen LogP contribution is -1.84. The molecule has 0 aromatic heterocycles. The number of hydrogen-bond acceptors (Lipinski definition) is 1. The summed E-state index contributed by atoms with van der Waals surface area (Å²) in [6.45, 7) is 1.98. The molecule has 0 radical (unpaired) electrons. The van der Waals surface area contributed by atoms with Crippen molar-refractivity contribution in [3.63, 3.8) is 0 Å². The van der Waals surface area contributed by atoms with Crippen LogP contribution >= 0.6 is 11.6 Å². The zero-order valence-corrected chi connectivity index (χ0v) is 4.50. The zero-order valence-electron chi connectivity index (χ0n) is 3.74. The van der Waals surface area contributed by atoms with Crippen LogP contribution in [0.25, 0.3) is 0 Å². The summed E-state index contributed by atoms with van der Waals surface area (Å²) in [6, 6.07) is 0. The minimum atomic E-state index is 0.387. The van der Waals surface area contributed by atoms with Gasteiger partial charge in [-0.15, -0.1) is 0 Å². The van der Waals surface area contributed by atoms with E-state index in [0.29, 0.717) is 5.16 Å². The van der Waals surface area contributed by atoms with Gasteiger partial charge in [-0.25, -0.2) is 0 Å². The summed E-state index contributed by atoms with van der Waals surface area (Å²) in [5.74, 6) is 0. The van der Waals surface area contributed by atoms with Crippen LogP contribution in [0.15, 0.2) is 11.2 Å². The van der Waals surface area contributed by atoms with Crippen LogP contribution in [0.3, 0.4) is 0 Å². The standard InChI is InChI=1S/C4H8ClN/c1-2-3-4(5)6/h3H,2,6H2,1H3. The molecule has 0 aliphatic heterocycles. The second-order valence-electron chi connectivity index (χ2n) is 0.997. The van der Waals surface area contributed by atoms with Gasteiger partial charge in [-0.3, -0.25) is 0 Å². The van der Waals surface area contributed by atoms with Crippen LogP contribution in [-0.4, -0.2) is 0 Å². The van der Waals surface area contributed by atoms with Gasteiger partial charge in [0.15, 0.2) is 0 Å². The van der Waals surface area contributed by atoms with Crippen molar-refractivity contribution in [3.05, 3.63) is 11.2 Å². The first kappa shape index (κ1) is 5.83. The lowest BCUT2D eigenvalue weighted by atomic mass is 10.5. The third kappa shape index (κ3) is 3.83. The van der Waals surface area contributed by atoms with Crippen molar-refractivity contribution in [3.8, 4) is 0 Å². The zero-order chi connectivity index (χ0) is 4.99. The Morgan fingerprint density at radius 1 is 2.00 bits per heavy atom. The van der Waals surface area contributed by atoms with Crippen LogP contribution < -0.4 is 5.73 Å². The average molecular weight is 106 g/mol. The average Bonchev–Trinajstić information content (AvgIpc) is 1.35. The molecular formula is C4H8ClN. The maximum absolute atomic E-state index is 5.22. The Balaban J connectivity index is 3.14. The maximum Gasteiger partial charge on any atom is 0.0951 e. The van der Waals surface area contributed by atoms with Crippen LogP contribution in [0.4, 0.5) is 0 Å². The van der Waals surface area contributed by atoms with Gasteiger partial charge in [0.2, 0.25) is 0 Å². The monoisotopic (exact) mass is 105 g/mol. The maximum atomic E-state index is 5.22. The minimum Gasteiger partial charge on any atom is -0.390 e. The predicted octanol–water partition coefficient (Wildman–Crippen LogP) is 1.44. The molecule has 0 bridgehead atoms. The van der Waals surface area contributed by atoms with E-state index in [0.717, 1.165) is 6.42 Å². The van der Waals surface area contributed by atoms with Crippen molar-refractivity contribution in [2.45, 2.75) is 13.3 Å². The molecule has 0 saturated heterocycles. The summed E-state index contributed by atoms with van der Waals surface area (Å²) in [6.07, 6.45) is 2.66. The molecule has 0 spiro atoms. The van der Waals surface area contributed by atoms with Crippen molar-refractivity contribution in [2.75, 3.05) is 0 Å². The summed E-state index contributed by atoms with van der Waals surface area (Å²) in [5.41, 5.74) is 5.03. The summed E-state index contributed by atoms with van der Waals surface area (Å²) in [4.78, 5) is 0. The van der Waals surface area contributed by atoms with Gasteiger partial charge < -0.3 is 5.73 Å². The summed E-state index contributed by atoms with van der Waals surface area (Å²) in [7, 11) is 0. The van der Waals surface area contributed by atoms with Crippen molar-refractivity contribution in [1.82, 2.24) is 0 Å². The molecule has 0 saturated carbocycles. The van der Waals surface area contributed by atoms with Crippen molar-refractivity contribution in [1.29, 1.82) is 0 Å². The fourth-order valence-corrected chi connectivity index (χ4v) is 0.349. The van der Waals surface area contributed by atoms with Gasteiger partial charge in [0.1, 0.15) is 0 Å². The van der Waals surface area contributed by atoms with Gasteiger partial charge >= 0.3 is 0 Å². The van der Waals surface area contributed by atoms with Gasteiger partial charge in [-0.05, 0) is 12.5 Å². The van der Waals surface area contributed by atoms with Crippen LogP contribution in [0.5, 0.6) is 0 Å². The van der Waals surface area contributed by atoms with Crippen molar-refractivity contribution in [2.24, 2.45) is 5.73 Å². The largest absolute Gasteiger partial charge is 0.390 e. The molecule has 0 aliphatic rings. The Bertz CT molecular complexity index is 54.6. The highest BCUT2D eigenvalue weighted by Crippen LogP contribution is 1.90. The highest BCUT2D eigenvalue weighted by atomic mass is 35.5. The first-order valence-corrected chi connectivity index (χ1v) is 2.26. The Labute approximate surface area is 42.8 Å². The summed E-state index contributed by atoms with van der Waals surface area (Å²) in [5, 5.41) is 0.387. The molecule has 2 heteroatoms. The molecule has 6 heavy (non-hydrogen) atoms. The highest BCUT2D eigenvalue weighted by molar-refractivity contribution is 6.28. The highest BCUT2D eigenvalue weighted by Gasteiger charge is 1.70. The number of rotatable bonds is 1. The second kappa shape index (κ2) is 3.04. The Morgan fingerprint density at radius 3 is 2.50 bits per heavy atom. The molecule has 2 N–H and O–H groups in total. The number of nitrogens with two attached hydrogens (primary N) is 1. The smallest absolute Gasteiger partial charge is 0.0951 e. The summed E-state index contributed by atoms with van der Waals surface area (Å²) < 4.78 is 0. The van der Waals surface area contributed by atoms with Crippen LogP contribution in [0.1, 0.15) is 13.3 Å². The molecule has 0 fully saturated rings. The SMILES string of the molecule is CCC=C(N)Cl. The van der Waals surface area contributed by atoms with E-state index in [1.54, 1.807) is 6.08 Å². The number of allylic oxidation sites excluding steroid dienone is 1. The molecule has 1 nitrogen and oxygen atoms in total.